The minimum Gasteiger partial charge on any atom is -0.481 e. The quantitative estimate of drug-likeness (QED) is 0.711. The van der Waals surface area contributed by atoms with Gasteiger partial charge in [0, 0.05) is 5.41 Å². The minimum atomic E-state index is -0.581. The maximum Gasteiger partial charge on any atom is 0.309 e. The van der Waals surface area contributed by atoms with Crippen LogP contribution in [-0.2, 0) is 4.79 Å². The molecule has 3 aliphatic rings. The Kier molecular flexibility index (Phi) is 3.58. The van der Waals surface area contributed by atoms with Crippen LogP contribution in [0.3, 0.4) is 0 Å². The highest BCUT2D eigenvalue weighted by Gasteiger charge is 2.58. The van der Waals surface area contributed by atoms with Gasteiger partial charge in [-0.3, -0.25) is 4.79 Å². The van der Waals surface area contributed by atoms with Crippen LogP contribution in [0.25, 0.3) is 0 Å². The highest BCUT2D eigenvalue weighted by molar-refractivity contribution is 5.75. The van der Waals surface area contributed by atoms with Crippen molar-refractivity contribution < 1.29 is 9.90 Å². The van der Waals surface area contributed by atoms with Crippen molar-refractivity contribution in [3.63, 3.8) is 0 Å². The zero-order chi connectivity index (χ0) is 16.2. The molecule has 122 valence electrons. The van der Waals surface area contributed by atoms with Gasteiger partial charge in [-0.2, -0.15) is 0 Å². The van der Waals surface area contributed by atoms with Crippen LogP contribution < -0.4 is 0 Å². The van der Waals surface area contributed by atoms with Crippen LogP contribution in [0.5, 0.6) is 0 Å². The molecule has 2 fully saturated rings. The fourth-order valence-corrected chi connectivity index (χ4v) is 5.94. The summed E-state index contributed by atoms with van der Waals surface area (Å²) in [6, 6.07) is 0. The van der Waals surface area contributed by atoms with Crippen LogP contribution in [0.15, 0.2) is 24.3 Å². The first kappa shape index (κ1) is 15.8. The van der Waals surface area contributed by atoms with Gasteiger partial charge in [-0.05, 0) is 62.7 Å². The van der Waals surface area contributed by atoms with E-state index in [1.807, 2.05) is 6.92 Å². The molecule has 22 heavy (non-hydrogen) atoms. The van der Waals surface area contributed by atoms with E-state index >= 15 is 0 Å². The van der Waals surface area contributed by atoms with Crippen molar-refractivity contribution in [3.8, 4) is 0 Å². The number of carboxylic acid groups (broad SMARTS) is 1. The molecular formula is C20H30O2. The number of aliphatic carboxylic acids is 1. The van der Waals surface area contributed by atoms with Crippen LogP contribution in [0, 0.1) is 28.1 Å². The van der Waals surface area contributed by atoms with Crippen LogP contribution >= 0.6 is 0 Å². The van der Waals surface area contributed by atoms with Crippen LogP contribution in [0.2, 0.25) is 0 Å². The van der Waals surface area contributed by atoms with Gasteiger partial charge < -0.3 is 5.11 Å². The Balaban J connectivity index is 1.99. The lowest BCUT2D eigenvalue weighted by Gasteiger charge is -2.59. The lowest BCUT2D eigenvalue weighted by Crippen LogP contribution is -2.54. The Morgan fingerprint density at radius 2 is 2.00 bits per heavy atom. The van der Waals surface area contributed by atoms with Gasteiger partial charge in [-0.1, -0.05) is 38.0 Å². The molecular weight excluding hydrogens is 272 g/mol. The fraction of sp³-hybridized carbons (Fsp3) is 0.750. The molecule has 0 aromatic rings. The van der Waals surface area contributed by atoms with E-state index in [4.69, 9.17) is 0 Å². The third-order valence-corrected chi connectivity index (χ3v) is 7.38. The molecule has 0 heterocycles. The van der Waals surface area contributed by atoms with Gasteiger partial charge in [0.25, 0.3) is 0 Å². The van der Waals surface area contributed by atoms with E-state index in [-0.39, 0.29) is 10.8 Å². The van der Waals surface area contributed by atoms with E-state index in [9.17, 15) is 9.90 Å². The number of fused-ring (bicyclic) bond motifs is 3. The monoisotopic (exact) mass is 302 g/mol. The summed E-state index contributed by atoms with van der Waals surface area (Å²) in [4.78, 5) is 12.0. The Morgan fingerprint density at radius 3 is 2.64 bits per heavy atom. The average Bonchev–Trinajstić information content (AvgIpc) is 2.46. The SMILES string of the molecule is C=C[C@]1(C)C=C2CC[C@@H]3[C@](C)(CCC[C@@]3(C)C(=O)O)[C@H]2CC1. The summed E-state index contributed by atoms with van der Waals surface area (Å²) >= 11 is 0. The van der Waals surface area contributed by atoms with Crippen molar-refractivity contribution in [2.45, 2.75) is 65.7 Å². The second-order valence-electron chi connectivity index (χ2n) is 8.69. The molecule has 2 saturated carbocycles. The van der Waals surface area contributed by atoms with Crippen molar-refractivity contribution in [2.75, 3.05) is 0 Å². The topological polar surface area (TPSA) is 37.3 Å². The highest BCUT2D eigenvalue weighted by Crippen LogP contribution is 2.63. The minimum absolute atomic E-state index is 0.139. The highest BCUT2D eigenvalue weighted by atomic mass is 16.4. The standard InChI is InChI=1S/C20H30O2/c1-5-18(2)12-9-15-14(13-18)7-8-16-19(15,3)10-6-11-20(16,4)17(21)22/h5,13,15-16H,1,6-12H2,2-4H3,(H,21,22)/t15-,16+,18-,19+,20+/m0/s1. The predicted octanol–water partition coefficient (Wildman–Crippen LogP) is 5.21. The molecule has 5 atom stereocenters. The summed E-state index contributed by atoms with van der Waals surface area (Å²) in [5.41, 5.74) is 1.36. The summed E-state index contributed by atoms with van der Waals surface area (Å²) in [6.45, 7) is 10.7. The number of carbonyl (C=O) groups is 1. The van der Waals surface area contributed by atoms with Gasteiger partial charge in [0.1, 0.15) is 0 Å². The van der Waals surface area contributed by atoms with Gasteiger partial charge in [0.15, 0.2) is 0 Å². The number of hydrogen-bond donors (Lipinski definition) is 1. The lowest BCUT2D eigenvalue weighted by molar-refractivity contribution is -0.164. The van der Waals surface area contributed by atoms with Crippen molar-refractivity contribution in [2.24, 2.45) is 28.1 Å². The lowest BCUT2D eigenvalue weighted by atomic mass is 9.45. The van der Waals surface area contributed by atoms with Gasteiger partial charge in [-0.15, -0.1) is 6.58 Å². The third-order valence-electron chi connectivity index (χ3n) is 7.38. The van der Waals surface area contributed by atoms with Gasteiger partial charge in [0.2, 0.25) is 0 Å². The van der Waals surface area contributed by atoms with E-state index in [0.29, 0.717) is 11.8 Å². The molecule has 0 aliphatic heterocycles. The van der Waals surface area contributed by atoms with E-state index in [0.717, 1.165) is 32.1 Å². The molecule has 0 saturated heterocycles. The molecule has 0 bridgehead atoms. The third kappa shape index (κ3) is 2.10. The largest absolute Gasteiger partial charge is 0.481 e. The summed E-state index contributed by atoms with van der Waals surface area (Å²) in [5.74, 6) is 0.322. The second kappa shape index (κ2) is 4.97. The maximum absolute atomic E-state index is 12.0. The van der Waals surface area contributed by atoms with Gasteiger partial charge in [0.05, 0.1) is 5.41 Å². The van der Waals surface area contributed by atoms with Crippen LogP contribution in [0.1, 0.15) is 65.7 Å². The fourth-order valence-electron chi connectivity index (χ4n) is 5.94. The molecule has 0 amide bonds. The Bertz CT molecular complexity index is 534. The number of carboxylic acids is 1. The summed E-state index contributed by atoms with van der Waals surface area (Å²) in [6.07, 6.45) is 12.1. The van der Waals surface area contributed by atoms with Gasteiger partial charge >= 0.3 is 5.97 Å². The first-order chi connectivity index (χ1) is 10.3. The molecule has 0 radical (unpaired) electrons. The molecule has 0 aromatic heterocycles. The van der Waals surface area contributed by atoms with Crippen molar-refractivity contribution in [3.05, 3.63) is 24.3 Å². The Hall–Kier alpha value is -1.05. The molecule has 0 aromatic carbocycles. The smallest absolute Gasteiger partial charge is 0.309 e. The molecule has 2 nitrogen and oxygen atoms in total. The maximum atomic E-state index is 12.0. The van der Waals surface area contributed by atoms with E-state index in [2.05, 4.69) is 32.6 Å². The molecule has 3 aliphatic carbocycles. The molecule has 3 rings (SSSR count). The molecule has 2 heteroatoms. The van der Waals surface area contributed by atoms with Crippen molar-refractivity contribution >= 4 is 5.97 Å². The Labute approximate surface area is 134 Å². The first-order valence-electron chi connectivity index (χ1n) is 8.84. The number of hydrogen-bond acceptors (Lipinski definition) is 1. The molecule has 0 unspecified atom stereocenters. The summed E-state index contributed by atoms with van der Waals surface area (Å²) < 4.78 is 0. The number of allylic oxidation sites excluding steroid dienone is 3. The zero-order valence-electron chi connectivity index (χ0n) is 14.3. The van der Waals surface area contributed by atoms with Gasteiger partial charge in [-0.25, -0.2) is 0 Å². The van der Waals surface area contributed by atoms with E-state index in [1.54, 1.807) is 5.57 Å². The average molecular weight is 302 g/mol. The summed E-state index contributed by atoms with van der Waals surface area (Å²) in [5, 5.41) is 9.84. The first-order valence-corrected chi connectivity index (χ1v) is 8.84. The molecule has 1 N–H and O–H groups in total. The van der Waals surface area contributed by atoms with Crippen molar-refractivity contribution in [1.29, 1.82) is 0 Å². The number of rotatable bonds is 2. The van der Waals surface area contributed by atoms with Crippen molar-refractivity contribution in [1.82, 2.24) is 0 Å². The van der Waals surface area contributed by atoms with E-state index < -0.39 is 11.4 Å². The Morgan fingerprint density at radius 1 is 1.27 bits per heavy atom. The van der Waals surface area contributed by atoms with Crippen LogP contribution in [-0.4, -0.2) is 11.1 Å². The second-order valence-corrected chi connectivity index (χ2v) is 8.69. The van der Waals surface area contributed by atoms with Crippen LogP contribution in [0.4, 0.5) is 0 Å². The zero-order valence-corrected chi connectivity index (χ0v) is 14.3. The van der Waals surface area contributed by atoms with E-state index in [1.165, 1.54) is 12.8 Å². The summed E-state index contributed by atoms with van der Waals surface area (Å²) in [7, 11) is 0. The predicted molar refractivity (Wildman–Crippen MR) is 89.5 cm³/mol. The normalized spacial score (nSPS) is 47.9. The molecule has 0 spiro atoms.